The minimum atomic E-state index is -0.452. The number of ether oxygens (including phenoxy) is 1. The largest absolute Gasteiger partial charge is 0.456 e. The zero-order valence-corrected chi connectivity index (χ0v) is 14.9. The number of nitrogens with zero attached hydrogens (tertiary/aromatic N) is 2. The van der Waals surface area contributed by atoms with E-state index in [2.05, 4.69) is 15.5 Å². The number of amides is 1. The van der Waals surface area contributed by atoms with E-state index in [4.69, 9.17) is 9.26 Å². The molecule has 1 amide bonds. The molecule has 3 rings (SSSR count). The Morgan fingerprint density at radius 2 is 2.04 bits per heavy atom. The Morgan fingerprint density at radius 1 is 1.23 bits per heavy atom. The number of hydrogen-bond acceptors (Lipinski definition) is 7. The zero-order valence-electron chi connectivity index (χ0n) is 14.1. The Balaban J connectivity index is 1.42. The van der Waals surface area contributed by atoms with Gasteiger partial charge < -0.3 is 14.6 Å². The second-order valence-corrected chi connectivity index (χ2v) is 6.47. The van der Waals surface area contributed by atoms with Crippen LogP contribution in [0, 0.1) is 6.92 Å². The van der Waals surface area contributed by atoms with Crippen molar-refractivity contribution in [2.75, 3.05) is 6.54 Å². The van der Waals surface area contributed by atoms with Crippen LogP contribution >= 0.6 is 11.3 Å². The van der Waals surface area contributed by atoms with E-state index in [1.165, 1.54) is 11.3 Å². The molecule has 2 heterocycles. The Bertz CT molecular complexity index is 872. The molecule has 0 fully saturated rings. The normalized spacial score (nSPS) is 10.5. The van der Waals surface area contributed by atoms with Gasteiger partial charge in [0.15, 0.2) is 6.61 Å². The van der Waals surface area contributed by atoms with Crippen LogP contribution < -0.4 is 5.32 Å². The minimum Gasteiger partial charge on any atom is -0.456 e. The minimum absolute atomic E-state index is 0.0655. The van der Waals surface area contributed by atoms with E-state index in [1.54, 1.807) is 12.1 Å². The Kier molecular flexibility index (Phi) is 5.75. The first-order valence-corrected chi connectivity index (χ1v) is 8.87. The van der Waals surface area contributed by atoms with E-state index < -0.39 is 5.97 Å². The highest BCUT2D eigenvalue weighted by molar-refractivity contribution is 7.12. The first-order valence-electron chi connectivity index (χ1n) is 7.99. The van der Waals surface area contributed by atoms with E-state index >= 15 is 0 Å². The van der Waals surface area contributed by atoms with E-state index in [1.807, 2.05) is 36.6 Å². The van der Waals surface area contributed by atoms with Gasteiger partial charge in [0, 0.05) is 12.1 Å². The summed E-state index contributed by atoms with van der Waals surface area (Å²) in [6, 6.07) is 11.2. The molecule has 0 saturated carbocycles. The summed E-state index contributed by atoms with van der Waals surface area (Å²) in [5.74, 6) is 0.00909. The van der Waals surface area contributed by atoms with Gasteiger partial charge in [0.1, 0.15) is 0 Å². The van der Waals surface area contributed by atoms with Gasteiger partial charge in [-0.05, 0) is 18.4 Å². The third-order valence-electron chi connectivity index (χ3n) is 3.49. The van der Waals surface area contributed by atoms with Crippen LogP contribution in [0.2, 0.25) is 0 Å². The van der Waals surface area contributed by atoms with Gasteiger partial charge >= 0.3 is 5.97 Å². The highest BCUT2D eigenvalue weighted by Crippen LogP contribution is 2.16. The summed E-state index contributed by atoms with van der Waals surface area (Å²) in [4.78, 5) is 28.3. The first kappa shape index (κ1) is 17.8. The van der Waals surface area contributed by atoms with Gasteiger partial charge in [0.05, 0.1) is 11.3 Å². The lowest BCUT2D eigenvalue weighted by Crippen LogP contribution is -2.25. The molecule has 26 heavy (non-hydrogen) atoms. The number of carbonyl (C=O) groups is 2. The SMILES string of the molecule is Cc1ccc(-c2noc(COC(=O)CCNC(=O)c3cccs3)n2)cc1. The van der Waals surface area contributed by atoms with Gasteiger partial charge in [-0.25, -0.2) is 0 Å². The molecule has 2 aromatic heterocycles. The Morgan fingerprint density at radius 3 is 2.77 bits per heavy atom. The van der Waals surface area contributed by atoms with Crippen LogP contribution in [0.3, 0.4) is 0 Å². The lowest BCUT2D eigenvalue weighted by molar-refractivity contribution is -0.145. The number of rotatable bonds is 7. The average molecular weight is 371 g/mol. The summed E-state index contributed by atoms with van der Waals surface area (Å²) >= 11 is 1.34. The summed E-state index contributed by atoms with van der Waals surface area (Å²) in [5, 5.41) is 8.36. The van der Waals surface area contributed by atoms with Gasteiger partial charge in [-0.3, -0.25) is 9.59 Å². The van der Waals surface area contributed by atoms with Crippen LogP contribution in [-0.2, 0) is 16.1 Å². The van der Waals surface area contributed by atoms with Crippen molar-refractivity contribution in [3.8, 4) is 11.4 Å². The predicted molar refractivity (Wildman–Crippen MR) is 95.5 cm³/mol. The van der Waals surface area contributed by atoms with Crippen LogP contribution in [0.15, 0.2) is 46.3 Å². The van der Waals surface area contributed by atoms with E-state index in [0.29, 0.717) is 10.7 Å². The second-order valence-electron chi connectivity index (χ2n) is 5.52. The quantitative estimate of drug-likeness (QED) is 0.642. The molecule has 0 aliphatic heterocycles. The van der Waals surface area contributed by atoms with Gasteiger partial charge in [-0.2, -0.15) is 4.98 Å². The molecule has 0 aliphatic carbocycles. The molecule has 0 unspecified atom stereocenters. The van der Waals surface area contributed by atoms with E-state index in [9.17, 15) is 9.59 Å². The molecule has 0 bridgehead atoms. The molecule has 0 atom stereocenters. The predicted octanol–water partition coefficient (Wildman–Crippen LogP) is 2.97. The van der Waals surface area contributed by atoms with Crippen LogP contribution in [0.5, 0.6) is 0 Å². The molecule has 0 aliphatic rings. The standard InChI is InChI=1S/C18H17N3O4S/c1-12-4-6-13(7-5-12)17-20-15(25-21-17)11-24-16(22)8-9-19-18(23)14-3-2-10-26-14/h2-7,10H,8-9,11H2,1H3,(H,19,23). The van der Waals surface area contributed by atoms with Crippen molar-refractivity contribution in [1.29, 1.82) is 0 Å². The molecule has 0 radical (unpaired) electrons. The molecular weight excluding hydrogens is 354 g/mol. The zero-order chi connectivity index (χ0) is 18.4. The fraction of sp³-hybridized carbons (Fsp3) is 0.222. The average Bonchev–Trinajstić information content (AvgIpc) is 3.32. The van der Waals surface area contributed by atoms with Gasteiger partial charge in [-0.1, -0.05) is 41.1 Å². The molecular formula is C18H17N3O4S. The van der Waals surface area contributed by atoms with E-state index in [-0.39, 0.29) is 31.4 Å². The molecule has 1 aromatic carbocycles. The molecule has 1 N–H and O–H groups in total. The molecule has 0 saturated heterocycles. The summed E-state index contributed by atoms with van der Waals surface area (Å²) in [6.45, 7) is 2.10. The Hall–Kier alpha value is -3.00. The maximum Gasteiger partial charge on any atom is 0.308 e. The third-order valence-corrected chi connectivity index (χ3v) is 4.36. The van der Waals surface area contributed by atoms with Crippen LogP contribution in [0.4, 0.5) is 0 Å². The number of nitrogens with one attached hydrogen (secondary N) is 1. The van der Waals surface area contributed by atoms with Gasteiger partial charge in [-0.15, -0.1) is 11.3 Å². The van der Waals surface area contributed by atoms with Crippen molar-refractivity contribution in [2.24, 2.45) is 0 Å². The van der Waals surface area contributed by atoms with Crippen molar-refractivity contribution in [3.05, 3.63) is 58.1 Å². The fourth-order valence-corrected chi connectivity index (χ4v) is 2.76. The number of aromatic nitrogens is 2. The summed E-state index contributed by atoms with van der Waals surface area (Å²) < 4.78 is 10.2. The number of esters is 1. The van der Waals surface area contributed by atoms with Crippen molar-refractivity contribution in [3.63, 3.8) is 0 Å². The monoisotopic (exact) mass is 371 g/mol. The maximum absolute atomic E-state index is 11.7. The summed E-state index contributed by atoms with van der Waals surface area (Å²) in [7, 11) is 0. The Labute approximate surface area is 154 Å². The topological polar surface area (TPSA) is 94.3 Å². The summed E-state index contributed by atoms with van der Waals surface area (Å²) in [5.41, 5.74) is 1.96. The number of hydrogen-bond donors (Lipinski definition) is 1. The highest BCUT2D eigenvalue weighted by Gasteiger charge is 2.12. The smallest absolute Gasteiger partial charge is 0.308 e. The molecule has 134 valence electrons. The number of thiophene rings is 1. The fourth-order valence-electron chi connectivity index (χ4n) is 2.12. The molecule has 8 heteroatoms. The molecule has 7 nitrogen and oxygen atoms in total. The first-order chi connectivity index (χ1) is 12.6. The van der Waals surface area contributed by atoms with Gasteiger partial charge in [0.25, 0.3) is 11.8 Å². The van der Waals surface area contributed by atoms with Crippen molar-refractivity contribution in [2.45, 2.75) is 20.0 Å². The van der Waals surface area contributed by atoms with E-state index in [0.717, 1.165) is 11.1 Å². The number of aryl methyl sites for hydroxylation is 1. The van der Waals surface area contributed by atoms with Crippen molar-refractivity contribution in [1.82, 2.24) is 15.5 Å². The van der Waals surface area contributed by atoms with Gasteiger partial charge in [0.2, 0.25) is 5.82 Å². The lowest BCUT2D eigenvalue weighted by atomic mass is 10.1. The molecule has 0 spiro atoms. The summed E-state index contributed by atoms with van der Waals surface area (Å²) in [6.07, 6.45) is 0.0655. The van der Waals surface area contributed by atoms with Crippen LogP contribution in [-0.4, -0.2) is 28.6 Å². The third kappa shape index (κ3) is 4.76. The highest BCUT2D eigenvalue weighted by atomic mass is 32.1. The second kappa shape index (κ2) is 8.39. The van der Waals surface area contributed by atoms with Crippen molar-refractivity contribution < 1.29 is 18.8 Å². The maximum atomic E-state index is 11.7. The lowest BCUT2D eigenvalue weighted by Gasteiger charge is -2.03. The number of benzene rings is 1. The van der Waals surface area contributed by atoms with Crippen molar-refractivity contribution >= 4 is 23.2 Å². The van der Waals surface area contributed by atoms with Crippen LogP contribution in [0.1, 0.15) is 27.5 Å². The molecule has 3 aromatic rings. The van der Waals surface area contributed by atoms with Crippen LogP contribution in [0.25, 0.3) is 11.4 Å². The number of carbonyl (C=O) groups excluding carboxylic acids is 2.